The van der Waals surface area contributed by atoms with Gasteiger partial charge in [0.1, 0.15) is 0 Å². The SMILES string of the molecule is CCCC(CC)Nc1cccc([N+](=O)[O-])c1C. The molecule has 4 nitrogen and oxygen atoms in total. The van der Waals surface area contributed by atoms with Gasteiger partial charge in [-0.1, -0.05) is 26.3 Å². The van der Waals surface area contributed by atoms with Gasteiger partial charge in [-0.3, -0.25) is 10.1 Å². The molecule has 0 aliphatic heterocycles. The molecule has 1 rings (SSSR count). The first-order valence-corrected chi connectivity index (χ1v) is 6.10. The van der Waals surface area contributed by atoms with Gasteiger partial charge in [-0.15, -0.1) is 0 Å². The molecule has 1 atom stereocenters. The summed E-state index contributed by atoms with van der Waals surface area (Å²) in [6.07, 6.45) is 3.22. The number of rotatable bonds is 6. The Hall–Kier alpha value is -1.58. The van der Waals surface area contributed by atoms with E-state index in [4.69, 9.17) is 0 Å². The Morgan fingerprint density at radius 2 is 2.12 bits per heavy atom. The number of nitrogens with one attached hydrogen (secondary N) is 1. The van der Waals surface area contributed by atoms with Crippen molar-refractivity contribution in [3.8, 4) is 0 Å². The third-order valence-corrected chi connectivity index (χ3v) is 2.99. The maximum Gasteiger partial charge on any atom is 0.274 e. The lowest BCUT2D eigenvalue weighted by Crippen LogP contribution is -2.18. The van der Waals surface area contributed by atoms with Gasteiger partial charge in [-0.05, 0) is 25.8 Å². The molecule has 94 valence electrons. The largest absolute Gasteiger partial charge is 0.382 e. The fraction of sp³-hybridized carbons (Fsp3) is 0.538. The minimum Gasteiger partial charge on any atom is -0.382 e. The lowest BCUT2D eigenvalue weighted by atomic mass is 10.1. The van der Waals surface area contributed by atoms with Crippen LogP contribution < -0.4 is 5.32 Å². The molecule has 1 N–H and O–H groups in total. The molecule has 4 heteroatoms. The maximum absolute atomic E-state index is 10.8. The van der Waals surface area contributed by atoms with Crippen LogP contribution in [0.15, 0.2) is 18.2 Å². The topological polar surface area (TPSA) is 55.2 Å². The van der Waals surface area contributed by atoms with E-state index in [1.807, 2.05) is 6.07 Å². The number of benzene rings is 1. The van der Waals surface area contributed by atoms with Crippen molar-refractivity contribution in [1.29, 1.82) is 0 Å². The maximum atomic E-state index is 10.8. The third kappa shape index (κ3) is 3.44. The van der Waals surface area contributed by atoms with Crippen LogP contribution in [-0.2, 0) is 0 Å². The van der Waals surface area contributed by atoms with Gasteiger partial charge < -0.3 is 5.32 Å². The van der Waals surface area contributed by atoms with E-state index < -0.39 is 0 Å². The lowest BCUT2D eigenvalue weighted by Gasteiger charge is -2.18. The first-order chi connectivity index (χ1) is 8.10. The lowest BCUT2D eigenvalue weighted by molar-refractivity contribution is -0.385. The molecule has 0 bridgehead atoms. The highest BCUT2D eigenvalue weighted by Crippen LogP contribution is 2.26. The van der Waals surface area contributed by atoms with Gasteiger partial charge in [0, 0.05) is 23.4 Å². The van der Waals surface area contributed by atoms with E-state index in [1.54, 1.807) is 19.1 Å². The van der Waals surface area contributed by atoms with Gasteiger partial charge in [-0.25, -0.2) is 0 Å². The molecule has 1 unspecified atom stereocenters. The molecule has 1 aromatic rings. The van der Waals surface area contributed by atoms with Crippen LogP contribution in [0, 0.1) is 17.0 Å². The average molecular weight is 236 g/mol. The Morgan fingerprint density at radius 3 is 2.65 bits per heavy atom. The van der Waals surface area contributed by atoms with E-state index in [0.717, 1.165) is 24.9 Å². The van der Waals surface area contributed by atoms with Crippen LogP contribution >= 0.6 is 0 Å². The highest BCUT2D eigenvalue weighted by molar-refractivity contribution is 5.60. The van der Waals surface area contributed by atoms with E-state index in [2.05, 4.69) is 19.2 Å². The van der Waals surface area contributed by atoms with Crippen LogP contribution in [0.3, 0.4) is 0 Å². The van der Waals surface area contributed by atoms with Crippen molar-refractivity contribution in [3.63, 3.8) is 0 Å². The molecule has 0 heterocycles. The monoisotopic (exact) mass is 236 g/mol. The molecule has 0 saturated carbocycles. The zero-order valence-corrected chi connectivity index (χ0v) is 10.7. The minimum atomic E-state index is -0.332. The number of hydrogen-bond donors (Lipinski definition) is 1. The summed E-state index contributed by atoms with van der Waals surface area (Å²) in [7, 11) is 0. The van der Waals surface area contributed by atoms with Crippen molar-refractivity contribution in [3.05, 3.63) is 33.9 Å². The fourth-order valence-electron chi connectivity index (χ4n) is 1.92. The van der Waals surface area contributed by atoms with Gasteiger partial charge in [0.25, 0.3) is 5.69 Å². The Morgan fingerprint density at radius 1 is 1.41 bits per heavy atom. The summed E-state index contributed by atoms with van der Waals surface area (Å²) < 4.78 is 0. The molecule has 0 saturated heterocycles. The van der Waals surface area contributed by atoms with Crippen molar-refractivity contribution in [2.45, 2.75) is 46.1 Å². The summed E-state index contributed by atoms with van der Waals surface area (Å²) in [6, 6.07) is 5.56. The molecule has 0 fully saturated rings. The summed E-state index contributed by atoms with van der Waals surface area (Å²) in [4.78, 5) is 10.5. The summed E-state index contributed by atoms with van der Waals surface area (Å²) >= 11 is 0. The van der Waals surface area contributed by atoms with Crippen molar-refractivity contribution in [2.24, 2.45) is 0 Å². The predicted octanol–water partition coefficient (Wildman–Crippen LogP) is 3.89. The smallest absolute Gasteiger partial charge is 0.274 e. The Kier molecular flexibility index (Phi) is 4.94. The second-order valence-corrected chi connectivity index (χ2v) is 4.24. The highest BCUT2D eigenvalue weighted by atomic mass is 16.6. The molecule has 0 aliphatic rings. The molecular formula is C13H20N2O2. The summed E-state index contributed by atoms with van der Waals surface area (Å²) in [5, 5.41) is 14.2. The van der Waals surface area contributed by atoms with E-state index in [9.17, 15) is 10.1 Å². The Balaban J connectivity index is 2.91. The number of hydrogen-bond acceptors (Lipinski definition) is 3. The normalized spacial score (nSPS) is 12.2. The van der Waals surface area contributed by atoms with Gasteiger partial charge in [0.2, 0.25) is 0 Å². The Labute approximate surface area is 102 Å². The van der Waals surface area contributed by atoms with E-state index in [-0.39, 0.29) is 10.6 Å². The van der Waals surface area contributed by atoms with Crippen molar-refractivity contribution in [1.82, 2.24) is 0 Å². The molecule has 0 radical (unpaired) electrons. The van der Waals surface area contributed by atoms with Crippen molar-refractivity contribution < 1.29 is 4.92 Å². The van der Waals surface area contributed by atoms with Crippen molar-refractivity contribution >= 4 is 11.4 Å². The molecule has 1 aromatic carbocycles. The third-order valence-electron chi connectivity index (χ3n) is 2.99. The van der Waals surface area contributed by atoms with E-state index in [0.29, 0.717) is 11.6 Å². The summed E-state index contributed by atoms with van der Waals surface area (Å²) in [5.41, 5.74) is 1.77. The number of nitro benzene ring substituents is 1. The minimum absolute atomic E-state index is 0.182. The van der Waals surface area contributed by atoms with Crippen molar-refractivity contribution in [2.75, 3.05) is 5.32 Å². The Bertz CT molecular complexity index is 391. The molecule has 0 spiro atoms. The zero-order valence-electron chi connectivity index (χ0n) is 10.7. The van der Waals surface area contributed by atoms with Crippen LogP contribution in [0.25, 0.3) is 0 Å². The molecule has 0 aromatic heterocycles. The first-order valence-electron chi connectivity index (χ1n) is 6.10. The first kappa shape index (κ1) is 13.5. The van der Waals surface area contributed by atoms with Crippen LogP contribution in [-0.4, -0.2) is 11.0 Å². The highest BCUT2D eigenvalue weighted by Gasteiger charge is 2.14. The summed E-state index contributed by atoms with van der Waals surface area (Å²) in [5.74, 6) is 0. The predicted molar refractivity (Wildman–Crippen MR) is 70.4 cm³/mol. The van der Waals surface area contributed by atoms with Crippen LogP contribution in [0.5, 0.6) is 0 Å². The van der Waals surface area contributed by atoms with E-state index >= 15 is 0 Å². The van der Waals surface area contributed by atoms with Gasteiger partial charge in [0.15, 0.2) is 0 Å². The molecule has 0 amide bonds. The number of nitrogens with zero attached hydrogens (tertiary/aromatic N) is 1. The standard InChI is InChI=1S/C13H20N2O2/c1-4-7-11(5-2)14-12-8-6-9-13(10(12)3)15(16)17/h6,8-9,11,14H,4-5,7H2,1-3H3. The second-order valence-electron chi connectivity index (χ2n) is 4.24. The molecule has 0 aliphatic carbocycles. The molecule has 17 heavy (non-hydrogen) atoms. The number of nitro groups is 1. The van der Waals surface area contributed by atoms with E-state index in [1.165, 1.54) is 0 Å². The fourth-order valence-corrected chi connectivity index (χ4v) is 1.92. The molecular weight excluding hydrogens is 216 g/mol. The second kappa shape index (κ2) is 6.23. The van der Waals surface area contributed by atoms with Gasteiger partial charge in [0.05, 0.1) is 4.92 Å². The van der Waals surface area contributed by atoms with Crippen LogP contribution in [0.2, 0.25) is 0 Å². The van der Waals surface area contributed by atoms with Crippen LogP contribution in [0.1, 0.15) is 38.7 Å². The van der Waals surface area contributed by atoms with Gasteiger partial charge >= 0.3 is 0 Å². The van der Waals surface area contributed by atoms with Crippen LogP contribution in [0.4, 0.5) is 11.4 Å². The number of anilines is 1. The quantitative estimate of drug-likeness (QED) is 0.602. The zero-order chi connectivity index (χ0) is 12.8. The van der Waals surface area contributed by atoms with Gasteiger partial charge in [-0.2, -0.15) is 0 Å². The average Bonchev–Trinajstić information content (AvgIpc) is 2.30. The summed E-state index contributed by atoms with van der Waals surface area (Å²) in [6.45, 7) is 6.06.